The van der Waals surface area contributed by atoms with Gasteiger partial charge in [-0.1, -0.05) is 6.07 Å². The highest BCUT2D eigenvalue weighted by molar-refractivity contribution is 7.98. The van der Waals surface area contributed by atoms with E-state index in [1.54, 1.807) is 54.7 Å². The minimum Gasteiger partial charge on any atom is -0.459 e. The second kappa shape index (κ2) is 7.67. The fourth-order valence-corrected chi connectivity index (χ4v) is 2.75. The van der Waals surface area contributed by atoms with E-state index >= 15 is 0 Å². The lowest BCUT2D eigenvalue weighted by Gasteiger charge is -2.09. The molecule has 0 bridgehead atoms. The Balaban J connectivity index is 1.73. The van der Waals surface area contributed by atoms with Crippen molar-refractivity contribution in [2.24, 2.45) is 0 Å². The van der Waals surface area contributed by atoms with Crippen molar-refractivity contribution in [3.8, 4) is 0 Å². The van der Waals surface area contributed by atoms with Crippen LogP contribution in [0.1, 0.15) is 20.9 Å². The van der Waals surface area contributed by atoms with E-state index < -0.39 is 0 Å². The molecule has 2 N–H and O–H groups in total. The molecule has 2 aromatic heterocycles. The molecule has 0 radical (unpaired) electrons. The van der Waals surface area contributed by atoms with Crippen molar-refractivity contribution in [3.05, 3.63) is 72.3 Å². The number of anilines is 2. The SMILES string of the molecule is CSc1ncccc1C(=O)Nc1cccc(NC(=O)c2ccco2)c1. The predicted octanol–water partition coefficient (Wildman–Crippen LogP) is 3.90. The van der Waals surface area contributed by atoms with Gasteiger partial charge in [-0.25, -0.2) is 4.98 Å². The fraction of sp³-hybridized carbons (Fsp3) is 0.0556. The van der Waals surface area contributed by atoms with Crippen LogP contribution in [0.5, 0.6) is 0 Å². The average molecular weight is 353 g/mol. The monoisotopic (exact) mass is 353 g/mol. The van der Waals surface area contributed by atoms with Gasteiger partial charge in [0.1, 0.15) is 5.03 Å². The number of benzene rings is 1. The highest BCUT2D eigenvalue weighted by Gasteiger charge is 2.13. The zero-order valence-corrected chi connectivity index (χ0v) is 14.2. The third-order valence-electron chi connectivity index (χ3n) is 3.33. The maximum atomic E-state index is 12.4. The van der Waals surface area contributed by atoms with Crippen LogP contribution >= 0.6 is 11.8 Å². The van der Waals surface area contributed by atoms with Gasteiger partial charge in [0.2, 0.25) is 0 Å². The van der Waals surface area contributed by atoms with Crippen molar-refractivity contribution < 1.29 is 14.0 Å². The number of furan rings is 1. The van der Waals surface area contributed by atoms with E-state index in [4.69, 9.17) is 4.42 Å². The number of thioether (sulfide) groups is 1. The summed E-state index contributed by atoms with van der Waals surface area (Å²) in [6.45, 7) is 0. The number of nitrogens with one attached hydrogen (secondary N) is 2. The van der Waals surface area contributed by atoms with Crippen LogP contribution < -0.4 is 10.6 Å². The molecule has 0 aliphatic rings. The van der Waals surface area contributed by atoms with Gasteiger partial charge in [-0.3, -0.25) is 9.59 Å². The minimum atomic E-state index is -0.356. The second-order valence-corrected chi connectivity index (χ2v) is 5.82. The van der Waals surface area contributed by atoms with Gasteiger partial charge in [0.05, 0.1) is 11.8 Å². The third kappa shape index (κ3) is 4.07. The Morgan fingerprint density at radius 3 is 2.44 bits per heavy atom. The highest BCUT2D eigenvalue weighted by atomic mass is 32.2. The summed E-state index contributed by atoms with van der Waals surface area (Å²) in [7, 11) is 0. The first-order valence-electron chi connectivity index (χ1n) is 7.42. The fourth-order valence-electron chi connectivity index (χ4n) is 2.20. The molecule has 0 spiro atoms. The molecule has 3 aromatic rings. The van der Waals surface area contributed by atoms with Crippen LogP contribution in [0.4, 0.5) is 11.4 Å². The summed E-state index contributed by atoms with van der Waals surface area (Å²) in [5.74, 6) is -0.397. The van der Waals surface area contributed by atoms with Crippen molar-refractivity contribution in [1.82, 2.24) is 4.98 Å². The average Bonchev–Trinajstić information content (AvgIpc) is 3.17. The minimum absolute atomic E-state index is 0.217. The molecule has 126 valence electrons. The maximum absolute atomic E-state index is 12.4. The molecule has 0 atom stereocenters. The van der Waals surface area contributed by atoms with E-state index in [9.17, 15) is 9.59 Å². The molecule has 25 heavy (non-hydrogen) atoms. The number of pyridine rings is 1. The first-order chi connectivity index (χ1) is 12.2. The van der Waals surface area contributed by atoms with Crippen LogP contribution in [0.25, 0.3) is 0 Å². The quantitative estimate of drug-likeness (QED) is 0.680. The first-order valence-corrected chi connectivity index (χ1v) is 8.65. The zero-order chi connectivity index (χ0) is 17.6. The predicted molar refractivity (Wildman–Crippen MR) is 97.1 cm³/mol. The summed E-state index contributed by atoms with van der Waals surface area (Å²) in [4.78, 5) is 28.6. The van der Waals surface area contributed by atoms with Gasteiger partial charge in [0.25, 0.3) is 11.8 Å². The Morgan fingerprint density at radius 2 is 1.76 bits per heavy atom. The van der Waals surface area contributed by atoms with Crippen LogP contribution in [0, 0.1) is 0 Å². The number of nitrogens with zero attached hydrogens (tertiary/aromatic N) is 1. The zero-order valence-electron chi connectivity index (χ0n) is 13.4. The summed E-state index contributed by atoms with van der Waals surface area (Å²) >= 11 is 1.40. The summed E-state index contributed by atoms with van der Waals surface area (Å²) in [6, 6.07) is 13.5. The highest BCUT2D eigenvalue weighted by Crippen LogP contribution is 2.20. The van der Waals surface area contributed by atoms with Crippen LogP contribution in [-0.4, -0.2) is 23.1 Å². The van der Waals surface area contributed by atoms with Gasteiger partial charge in [-0.05, 0) is 48.7 Å². The molecule has 6 nitrogen and oxygen atoms in total. The van der Waals surface area contributed by atoms with Gasteiger partial charge in [-0.2, -0.15) is 0 Å². The van der Waals surface area contributed by atoms with E-state index in [0.29, 0.717) is 22.0 Å². The second-order valence-electron chi connectivity index (χ2n) is 5.03. The maximum Gasteiger partial charge on any atom is 0.291 e. The number of amides is 2. The summed E-state index contributed by atoms with van der Waals surface area (Å²) in [5.41, 5.74) is 1.62. The molecule has 1 aromatic carbocycles. The van der Waals surface area contributed by atoms with Gasteiger partial charge < -0.3 is 15.1 Å². The van der Waals surface area contributed by atoms with Gasteiger partial charge in [-0.15, -0.1) is 11.8 Å². The largest absolute Gasteiger partial charge is 0.459 e. The van der Waals surface area contributed by atoms with Crippen molar-refractivity contribution >= 4 is 35.0 Å². The van der Waals surface area contributed by atoms with Crippen LogP contribution in [0.3, 0.4) is 0 Å². The molecule has 0 saturated carbocycles. The molecular formula is C18H15N3O3S. The molecular weight excluding hydrogens is 338 g/mol. The molecule has 2 heterocycles. The number of carbonyl (C=O) groups is 2. The van der Waals surface area contributed by atoms with E-state index in [2.05, 4.69) is 15.6 Å². The number of hydrogen-bond acceptors (Lipinski definition) is 5. The molecule has 0 aliphatic heterocycles. The Labute approximate surface area is 148 Å². The van der Waals surface area contributed by atoms with Crippen molar-refractivity contribution in [2.75, 3.05) is 16.9 Å². The van der Waals surface area contributed by atoms with Gasteiger partial charge >= 0.3 is 0 Å². The molecule has 3 rings (SSSR count). The number of aromatic nitrogens is 1. The van der Waals surface area contributed by atoms with Crippen LogP contribution in [0.15, 0.2) is 70.4 Å². The van der Waals surface area contributed by atoms with E-state index in [0.717, 1.165) is 0 Å². The Morgan fingerprint density at radius 1 is 1.00 bits per heavy atom. The molecule has 0 fully saturated rings. The molecule has 7 heteroatoms. The van der Waals surface area contributed by atoms with Crippen molar-refractivity contribution in [3.63, 3.8) is 0 Å². The topological polar surface area (TPSA) is 84.2 Å². The number of hydrogen-bond donors (Lipinski definition) is 2. The standard InChI is InChI=1S/C18H15N3O3S/c1-25-18-14(7-3-9-19-18)16(22)20-12-5-2-6-13(11-12)21-17(23)15-8-4-10-24-15/h2-11H,1H3,(H,20,22)(H,21,23). The summed E-state index contributed by atoms with van der Waals surface area (Å²) in [5, 5.41) is 6.19. The summed E-state index contributed by atoms with van der Waals surface area (Å²) in [6.07, 6.45) is 4.94. The van der Waals surface area contributed by atoms with Gasteiger partial charge in [0, 0.05) is 17.6 Å². The normalized spacial score (nSPS) is 10.3. The van der Waals surface area contributed by atoms with Gasteiger partial charge in [0.15, 0.2) is 5.76 Å². The van der Waals surface area contributed by atoms with Crippen LogP contribution in [0.2, 0.25) is 0 Å². The van der Waals surface area contributed by atoms with E-state index in [1.165, 1.54) is 18.0 Å². The molecule has 2 amide bonds. The molecule has 0 saturated heterocycles. The Hall–Kier alpha value is -3.06. The molecule has 0 aliphatic carbocycles. The lowest BCUT2D eigenvalue weighted by Crippen LogP contribution is -2.14. The Kier molecular flexibility index (Phi) is 5.15. The van der Waals surface area contributed by atoms with Crippen LogP contribution in [-0.2, 0) is 0 Å². The Bertz CT molecular complexity index is 894. The van der Waals surface area contributed by atoms with E-state index in [-0.39, 0.29) is 17.6 Å². The lowest BCUT2D eigenvalue weighted by molar-refractivity contribution is 0.0994. The number of carbonyl (C=O) groups excluding carboxylic acids is 2. The smallest absolute Gasteiger partial charge is 0.291 e. The van der Waals surface area contributed by atoms with E-state index in [1.807, 2.05) is 6.26 Å². The van der Waals surface area contributed by atoms with Crippen molar-refractivity contribution in [2.45, 2.75) is 5.03 Å². The first kappa shape index (κ1) is 16.8. The third-order valence-corrected chi connectivity index (χ3v) is 4.04. The van der Waals surface area contributed by atoms with Crippen molar-refractivity contribution in [1.29, 1.82) is 0 Å². The lowest BCUT2D eigenvalue weighted by atomic mass is 10.2. The molecule has 0 unspecified atom stereocenters. The number of rotatable bonds is 5. The summed E-state index contributed by atoms with van der Waals surface area (Å²) < 4.78 is 5.05.